The second-order valence-electron chi connectivity index (χ2n) is 13.6. The van der Waals surface area contributed by atoms with Gasteiger partial charge >= 0.3 is 6.09 Å². The molecule has 9 nitrogen and oxygen atoms in total. The van der Waals surface area contributed by atoms with E-state index in [1.807, 2.05) is 37.9 Å². The molecule has 2 aromatic carbocycles. The lowest BCUT2D eigenvalue weighted by molar-refractivity contribution is 0.0129. The SMILES string of the molecule is CC(C)(C)OC(=O)N1CCN(CC2CN(c3ccc(-c4ncc([C@H]5CC[C@H](Oc6ccc(C#N)c(Cl)c6)CC5)[nH]4)cc3)C2)CC1. The number of nitrogens with zero attached hydrogens (tertiary/aromatic N) is 5. The maximum Gasteiger partial charge on any atom is 0.410 e. The number of hydrogen-bond acceptors (Lipinski definition) is 7. The van der Waals surface area contributed by atoms with E-state index in [4.69, 9.17) is 31.3 Å². The van der Waals surface area contributed by atoms with Gasteiger partial charge in [0.05, 0.1) is 16.7 Å². The molecule has 0 atom stereocenters. The van der Waals surface area contributed by atoms with Gasteiger partial charge in [-0.2, -0.15) is 5.26 Å². The van der Waals surface area contributed by atoms with Gasteiger partial charge in [0.15, 0.2) is 0 Å². The van der Waals surface area contributed by atoms with Crippen molar-refractivity contribution in [3.8, 4) is 23.2 Å². The summed E-state index contributed by atoms with van der Waals surface area (Å²) in [7, 11) is 0. The zero-order valence-corrected chi connectivity index (χ0v) is 27.2. The molecule has 238 valence electrons. The van der Waals surface area contributed by atoms with Crippen molar-refractivity contribution in [2.45, 2.75) is 64.1 Å². The molecule has 2 saturated heterocycles. The Balaban J connectivity index is 0.929. The molecular weight excluding hydrogens is 588 g/mol. The summed E-state index contributed by atoms with van der Waals surface area (Å²) in [4.78, 5) is 27.4. The Morgan fingerprint density at radius 2 is 1.76 bits per heavy atom. The molecule has 3 fully saturated rings. The van der Waals surface area contributed by atoms with Gasteiger partial charge in [-0.25, -0.2) is 9.78 Å². The van der Waals surface area contributed by atoms with E-state index in [0.717, 1.165) is 88.6 Å². The lowest BCUT2D eigenvalue weighted by atomic mass is 9.85. The molecule has 0 unspecified atom stereocenters. The minimum atomic E-state index is -0.453. The molecule has 0 radical (unpaired) electrons. The van der Waals surface area contributed by atoms with Gasteiger partial charge in [-0.15, -0.1) is 0 Å². The molecular formula is C35H43ClN6O3. The largest absolute Gasteiger partial charge is 0.490 e. The zero-order valence-electron chi connectivity index (χ0n) is 26.5. The summed E-state index contributed by atoms with van der Waals surface area (Å²) < 4.78 is 11.7. The molecule has 45 heavy (non-hydrogen) atoms. The van der Waals surface area contributed by atoms with Gasteiger partial charge in [0.25, 0.3) is 0 Å². The molecule has 0 spiro atoms. The quantitative estimate of drug-likeness (QED) is 0.310. The minimum absolute atomic E-state index is 0.149. The summed E-state index contributed by atoms with van der Waals surface area (Å²) >= 11 is 6.17. The van der Waals surface area contributed by atoms with Gasteiger partial charge in [-0.05, 0) is 82.9 Å². The van der Waals surface area contributed by atoms with Crippen LogP contribution < -0.4 is 9.64 Å². The standard InChI is InChI=1S/C35H43ClN6O3/c1-35(2,3)45-34(43)41-16-14-40(15-17-41)21-24-22-42(23-24)28-9-4-26(5-10-28)33-38-20-32(39-33)25-6-11-29(12-7-25)44-30-13-8-27(19-37)31(36)18-30/h4-5,8-10,13,18,20,24-25,29H,6-7,11-12,14-17,21-23H2,1-3H3,(H,38,39)/t25-,29-. The third-order valence-electron chi connectivity index (χ3n) is 9.08. The first-order valence-corrected chi connectivity index (χ1v) is 16.5. The van der Waals surface area contributed by atoms with Crippen LogP contribution in [-0.2, 0) is 4.74 Å². The molecule has 1 aromatic heterocycles. The number of carbonyl (C=O) groups is 1. The fraction of sp³-hybridized carbons (Fsp3) is 0.514. The fourth-order valence-corrected chi connectivity index (χ4v) is 6.78. The normalized spacial score (nSPS) is 21.2. The first-order valence-electron chi connectivity index (χ1n) is 16.1. The topological polar surface area (TPSA) is 97.7 Å². The van der Waals surface area contributed by atoms with Crippen LogP contribution in [0.25, 0.3) is 11.4 Å². The van der Waals surface area contributed by atoms with Crippen molar-refractivity contribution in [1.29, 1.82) is 5.26 Å². The first-order chi connectivity index (χ1) is 21.6. The molecule has 3 aliphatic rings. The van der Waals surface area contributed by atoms with Crippen molar-refractivity contribution in [1.82, 2.24) is 19.8 Å². The highest BCUT2D eigenvalue weighted by Gasteiger charge is 2.32. The van der Waals surface area contributed by atoms with E-state index in [2.05, 4.69) is 45.1 Å². The van der Waals surface area contributed by atoms with E-state index in [9.17, 15) is 4.79 Å². The van der Waals surface area contributed by atoms with Crippen LogP contribution in [0.15, 0.2) is 48.7 Å². The van der Waals surface area contributed by atoms with E-state index in [1.165, 1.54) is 11.4 Å². The van der Waals surface area contributed by atoms with Gasteiger partial charge in [0.1, 0.15) is 23.2 Å². The Morgan fingerprint density at radius 3 is 2.40 bits per heavy atom. The molecule has 6 rings (SSSR count). The molecule has 10 heteroatoms. The number of rotatable bonds is 7. The number of ether oxygens (including phenoxy) is 2. The summed E-state index contributed by atoms with van der Waals surface area (Å²) in [6.45, 7) is 12.2. The molecule has 1 N–H and O–H groups in total. The molecule has 0 bridgehead atoms. The van der Waals surface area contributed by atoms with E-state index in [0.29, 0.717) is 22.4 Å². The lowest BCUT2D eigenvalue weighted by Crippen LogP contribution is -2.55. The summed E-state index contributed by atoms with van der Waals surface area (Å²) in [6, 6.07) is 16.1. The maximum atomic E-state index is 12.3. The number of H-pyrrole nitrogens is 1. The highest BCUT2D eigenvalue weighted by atomic mass is 35.5. The van der Waals surface area contributed by atoms with E-state index in [-0.39, 0.29) is 12.2 Å². The molecule has 2 aliphatic heterocycles. The lowest BCUT2D eigenvalue weighted by Gasteiger charge is -2.44. The van der Waals surface area contributed by atoms with Crippen molar-refractivity contribution >= 4 is 23.4 Å². The van der Waals surface area contributed by atoms with Crippen molar-refractivity contribution in [2.75, 3.05) is 50.7 Å². The van der Waals surface area contributed by atoms with Gasteiger partial charge in [-0.3, -0.25) is 4.90 Å². The third-order valence-corrected chi connectivity index (χ3v) is 9.39. The Bertz CT molecular complexity index is 1510. The number of aromatic amines is 1. The van der Waals surface area contributed by atoms with Crippen LogP contribution in [0.5, 0.6) is 5.75 Å². The monoisotopic (exact) mass is 630 g/mol. The van der Waals surface area contributed by atoms with Crippen LogP contribution in [0.1, 0.15) is 63.6 Å². The zero-order chi connectivity index (χ0) is 31.6. The second-order valence-corrected chi connectivity index (χ2v) is 14.0. The van der Waals surface area contributed by atoms with E-state index >= 15 is 0 Å². The minimum Gasteiger partial charge on any atom is -0.490 e. The van der Waals surface area contributed by atoms with Crippen molar-refractivity contribution in [3.05, 3.63) is 64.9 Å². The summed E-state index contributed by atoms with van der Waals surface area (Å²) in [5.41, 5.74) is 3.54. The second kappa shape index (κ2) is 13.3. The highest BCUT2D eigenvalue weighted by molar-refractivity contribution is 6.31. The number of carbonyl (C=O) groups excluding carboxylic acids is 1. The summed E-state index contributed by atoms with van der Waals surface area (Å²) in [6.07, 6.45) is 5.93. The van der Waals surface area contributed by atoms with Crippen molar-refractivity contribution in [2.24, 2.45) is 5.92 Å². The Kier molecular flexibility index (Phi) is 9.25. The van der Waals surface area contributed by atoms with Gasteiger partial charge in [-0.1, -0.05) is 11.6 Å². The average Bonchev–Trinajstić information content (AvgIpc) is 3.49. The summed E-state index contributed by atoms with van der Waals surface area (Å²) in [5.74, 6) is 2.72. The van der Waals surface area contributed by atoms with E-state index < -0.39 is 5.60 Å². The van der Waals surface area contributed by atoms with Crippen LogP contribution in [0.4, 0.5) is 10.5 Å². The molecule has 1 saturated carbocycles. The molecule has 1 amide bonds. The average molecular weight is 631 g/mol. The van der Waals surface area contributed by atoms with E-state index in [1.54, 1.807) is 12.1 Å². The first kappa shape index (κ1) is 31.3. The number of piperazine rings is 1. The third kappa shape index (κ3) is 7.74. The Morgan fingerprint density at radius 1 is 1.04 bits per heavy atom. The van der Waals surface area contributed by atoms with Crippen LogP contribution in [0.3, 0.4) is 0 Å². The number of benzene rings is 2. The Hall–Kier alpha value is -3.74. The van der Waals surface area contributed by atoms with Crippen molar-refractivity contribution < 1.29 is 14.3 Å². The van der Waals surface area contributed by atoms with Crippen LogP contribution in [0, 0.1) is 17.2 Å². The number of halogens is 1. The van der Waals surface area contributed by atoms with Crippen LogP contribution in [0.2, 0.25) is 5.02 Å². The predicted octanol–water partition coefficient (Wildman–Crippen LogP) is 6.70. The van der Waals surface area contributed by atoms with Crippen molar-refractivity contribution in [3.63, 3.8) is 0 Å². The van der Waals surface area contributed by atoms with Gasteiger partial charge < -0.3 is 24.3 Å². The number of amides is 1. The number of anilines is 1. The number of imidazole rings is 1. The molecule has 3 aromatic rings. The molecule has 3 heterocycles. The maximum absolute atomic E-state index is 12.3. The highest BCUT2D eigenvalue weighted by Crippen LogP contribution is 2.35. The number of aromatic nitrogens is 2. The van der Waals surface area contributed by atoms with Gasteiger partial charge in [0, 0.05) is 86.9 Å². The smallest absolute Gasteiger partial charge is 0.410 e. The molecule has 1 aliphatic carbocycles. The predicted molar refractivity (Wildman–Crippen MR) is 176 cm³/mol. The van der Waals surface area contributed by atoms with Gasteiger partial charge in [0.2, 0.25) is 0 Å². The summed E-state index contributed by atoms with van der Waals surface area (Å²) in [5, 5.41) is 9.51. The van der Waals surface area contributed by atoms with Crippen LogP contribution in [-0.4, -0.2) is 83.4 Å². The number of nitrogens with one attached hydrogen (secondary N) is 1. The number of nitriles is 1. The van der Waals surface area contributed by atoms with Crippen LogP contribution >= 0.6 is 11.6 Å². The number of hydrogen-bond donors (Lipinski definition) is 1. The Labute approximate surface area is 271 Å². The fourth-order valence-electron chi connectivity index (χ4n) is 6.56.